The molecule has 4 heteroatoms. The predicted octanol–water partition coefficient (Wildman–Crippen LogP) is 2.74. The van der Waals surface area contributed by atoms with Gasteiger partial charge in [-0.25, -0.2) is 0 Å². The van der Waals surface area contributed by atoms with Gasteiger partial charge in [-0.15, -0.1) is 0 Å². The normalized spacial score (nSPS) is 12.2. The van der Waals surface area contributed by atoms with Crippen LogP contribution < -0.4 is 0 Å². The molecular weight excluding hydrogens is 216 g/mol. The third-order valence-electron chi connectivity index (χ3n) is 2.53. The number of rotatable bonds is 6. The lowest BCUT2D eigenvalue weighted by atomic mass is 10.4. The van der Waals surface area contributed by atoms with Crippen LogP contribution in [0.2, 0.25) is 19.1 Å². The standard InChI is InChI=1S/C12H20N2OSi/c1-15-16(2,3)10-6-8-13-11-12-7-4-5-9-14-12/h4-5,7,9,11H,6,8,10H2,1-3H3. The highest BCUT2D eigenvalue weighted by molar-refractivity contribution is 6.71. The second-order valence-electron chi connectivity index (χ2n) is 4.36. The predicted molar refractivity (Wildman–Crippen MR) is 70.6 cm³/mol. The molecule has 0 radical (unpaired) electrons. The molecule has 0 aromatic carbocycles. The van der Waals surface area contributed by atoms with Gasteiger partial charge in [-0.1, -0.05) is 6.07 Å². The van der Waals surface area contributed by atoms with E-state index in [1.54, 1.807) is 6.20 Å². The van der Waals surface area contributed by atoms with Gasteiger partial charge >= 0.3 is 0 Å². The quantitative estimate of drug-likeness (QED) is 0.432. The van der Waals surface area contributed by atoms with Crippen molar-refractivity contribution in [3.05, 3.63) is 30.1 Å². The lowest BCUT2D eigenvalue weighted by Gasteiger charge is -2.18. The largest absolute Gasteiger partial charge is 0.420 e. The minimum Gasteiger partial charge on any atom is -0.420 e. The molecule has 0 unspecified atom stereocenters. The zero-order valence-electron chi connectivity index (χ0n) is 10.3. The zero-order chi connectivity index (χ0) is 11.9. The molecule has 3 nitrogen and oxygen atoms in total. The third kappa shape index (κ3) is 5.18. The summed E-state index contributed by atoms with van der Waals surface area (Å²) in [5.41, 5.74) is 0.922. The SMILES string of the molecule is CO[Si](C)(C)CCCN=Cc1ccccn1. The molecule has 0 bridgehead atoms. The molecule has 0 amide bonds. The van der Waals surface area contributed by atoms with Gasteiger partial charge in [-0.3, -0.25) is 9.98 Å². The van der Waals surface area contributed by atoms with E-state index in [0.29, 0.717) is 0 Å². The van der Waals surface area contributed by atoms with Crippen molar-refractivity contribution >= 4 is 14.5 Å². The van der Waals surface area contributed by atoms with E-state index in [1.165, 1.54) is 0 Å². The Kier molecular flexibility index (Phi) is 5.35. The average molecular weight is 236 g/mol. The minimum absolute atomic E-state index is 0.858. The van der Waals surface area contributed by atoms with Crippen LogP contribution >= 0.6 is 0 Å². The van der Waals surface area contributed by atoms with Crippen molar-refractivity contribution in [1.29, 1.82) is 0 Å². The molecule has 0 aliphatic carbocycles. The fraction of sp³-hybridized carbons (Fsp3) is 0.500. The summed E-state index contributed by atoms with van der Waals surface area (Å²) < 4.78 is 5.48. The number of hydrogen-bond donors (Lipinski definition) is 0. The number of aliphatic imine (C=N–C) groups is 1. The summed E-state index contributed by atoms with van der Waals surface area (Å²) in [5, 5.41) is 0. The Morgan fingerprint density at radius 2 is 2.25 bits per heavy atom. The Morgan fingerprint density at radius 3 is 2.88 bits per heavy atom. The zero-order valence-corrected chi connectivity index (χ0v) is 11.3. The molecule has 0 N–H and O–H groups in total. The summed E-state index contributed by atoms with van der Waals surface area (Å²) in [5.74, 6) is 0. The summed E-state index contributed by atoms with van der Waals surface area (Å²) in [7, 11) is 0.413. The fourth-order valence-electron chi connectivity index (χ4n) is 1.31. The number of nitrogens with zero attached hydrogens (tertiary/aromatic N) is 2. The van der Waals surface area contributed by atoms with Crippen LogP contribution in [0.25, 0.3) is 0 Å². The second-order valence-corrected chi connectivity index (χ2v) is 8.78. The van der Waals surface area contributed by atoms with Gasteiger partial charge in [0.05, 0.1) is 5.69 Å². The van der Waals surface area contributed by atoms with E-state index >= 15 is 0 Å². The molecule has 1 rings (SSSR count). The number of aromatic nitrogens is 1. The summed E-state index contributed by atoms with van der Waals surface area (Å²) in [6.45, 7) is 5.32. The van der Waals surface area contributed by atoms with E-state index in [-0.39, 0.29) is 0 Å². The van der Waals surface area contributed by atoms with E-state index in [4.69, 9.17) is 4.43 Å². The Hall–Kier alpha value is -1.00. The Balaban J connectivity index is 2.24. The molecule has 0 saturated heterocycles. The molecule has 0 saturated carbocycles. The maximum atomic E-state index is 5.48. The summed E-state index contributed by atoms with van der Waals surface area (Å²) >= 11 is 0. The minimum atomic E-state index is -1.40. The van der Waals surface area contributed by atoms with E-state index < -0.39 is 8.32 Å². The Morgan fingerprint density at radius 1 is 1.44 bits per heavy atom. The van der Waals surface area contributed by atoms with Gasteiger partial charge in [0.25, 0.3) is 0 Å². The monoisotopic (exact) mass is 236 g/mol. The molecule has 88 valence electrons. The highest BCUT2D eigenvalue weighted by Crippen LogP contribution is 2.11. The van der Waals surface area contributed by atoms with Crippen LogP contribution in [0.5, 0.6) is 0 Å². The van der Waals surface area contributed by atoms with Crippen LogP contribution in [0.1, 0.15) is 12.1 Å². The van der Waals surface area contributed by atoms with E-state index in [1.807, 2.05) is 31.5 Å². The number of hydrogen-bond acceptors (Lipinski definition) is 3. The molecular formula is C12H20N2OSi. The van der Waals surface area contributed by atoms with Gasteiger partial charge < -0.3 is 4.43 Å². The fourth-order valence-corrected chi connectivity index (χ4v) is 2.52. The van der Waals surface area contributed by atoms with Crippen molar-refractivity contribution in [1.82, 2.24) is 4.98 Å². The first-order valence-electron chi connectivity index (χ1n) is 5.60. The van der Waals surface area contributed by atoms with Gasteiger partial charge in [-0.2, -0.15) is 0 Å². The topological polar surface area (TPSA) is 34.5 Å². The van der Waals surface area contributed by atoms with Gasteiger partial charge in [-0.05, 0) is 37.7 Å². The lowest BCUT2D eigenvalue weighted by molar-refractivity contribution is 0.402. The molecule has 1 heterocycles. The van der Waals surface area contributed by atoms with Crippen LogP contribution in [0, 0.1) is 0 Å². The summed E-state index contributed by atoms with van der Waals surface area (Å²) in [6.07, 6.45) is 4.71. The van der Waals surface area contributed by atoms with Crippen molar-refractivity contribution in [2.45, 2.75) is 25.6 Å². The van der Waals surface area contributed by atoms with Gasteiger partial charge in [0.2, 0.25) is 0 Å². The first-order chi connectivity index (χ1) is 7.64. The van der Waals surface area contributed by atoms with Gasteiger partial charge in [0.15, 0.2) is 8.32 Å². The highest BCUT2D eigenvalue weighted by atomic mass is 28.4. The van der Waals surface area contributed by atoms with Crippen LogP contribution in [0.3, 0.4) is 0 Å². The molecule has 1 aromatic rings. The van der Waals surface area contributed by atoms with Crippen molar-refractivity contribution < 1.29 is 4.43 Å². The first kappa shape index (κ1) is 13.1. The molecule has 0 atom stereocenters. The third-order valence-corrected chi connectivity index (χ3v) is 5.19. The van der Waals surface area contributed by atoms with Crippen molar-refractivity contribution in [3.63, 3.8) is 0 Å². The molecule has 0 fully saturated rings. The van der Waals surface area contributed by atoms with Crippen molar-refractivity contribution in [3.8, 4) is 0 Å². The Labute approximate surface area is 98.7 Å². The molecule has 0 spiro atoms. The van der Waals surface area contributed by atoms with Crippen molar-refractivity contribution in [2.75, 3.05) is 13.7 Å². The average Bonchev–Trinajstić information content (AvgIpc) is 2.30. The molecule has 16 heavy (non-hydrogen) atoms. The Bertz CT molecular complexity index is 325. The molecule has 0 aliphatic rings. The number of pyridine rings is 1. The summed E-state index contributed by atoms with van der Waals surface area (Å²) in [4.78, 5) is 8.53. The lowest BCUT2D eigenvalue weighted by Crippen LogP contribution is -2.28. The van der Waals surface area contributed by atoms with E-state index in [0.717, 1.165) is 24.7 Å². The van der Waals surface area contributed by atoms with Crippen LogP contribution in [-0.2, 0) is 4.43 Å². The highest BCUT2D eigenvalue weighted by Gasteiger charge is 2.18. The van der Waals surface area contributed by atoms with Crippen LogP contribution in [0.15, 0.2) is 29.4 Å². The van der Waals surface area contributed by atoms with Crippen LogP contribution in [0.4, 0.5) is 0 Å². The first-order valence-corrected chi connectivity index (χ1v) is 8.71. The van der Waals surface area contributed by atoms with E-state index in [9.17, 15) is 0 Å². The maximum absolute atomic E-state index is 5.48. The van der Waals surface area contributed by atoms with Crippen molar-refractivity contribution in [2.24, 2.45) is 4.99 Å². The van der Waals surface area contributed by atoms with Crippen LogP contribution in [-0.4, -0.2) is 33.2 Å². The van der Waals surface area contributed by atoms with E-state index in [2.05, 4.69) is 23.1 Å². The van der Waals surface area contributed by atoms with Gasteiger partial charge in [0.1, 0.15) is 0 Å². The smallest absolute Gasteiger partial charge is 0.186 e. The van der Waals surface area contributed by atoms with Gasteiger partial charge in [0, 0.05) is 26.1 Å². The molecule has 0 aliphatic heterocycles. The summed E-state index contributed by atoms with van der Waals surface area (Å²) in [6, 6.07) is 6.99. The second kappa shape index (κ2) is 6.55. The molecule has 1 aromatic heterocycles. The maximum Gasteiger partial charge on any atom is 0.186 e.